The number of hydrogen-bond acceptors (Lipinski definition) is 2. The number of hydrogen-bond donors (Lipinski definition) is 1. The normalized spacial score (nSPS) is 16.3. The number of nitrogens with zero attached hydrogens (tertiary/aromatic N) is 1. The van der Waals surface area contributed by atoms with E-state index in [0.717, 1.165) is 18.7 Å². The van der Waals surface area contributed by atoms with Gasteiger partial charge in [0.1, 0.15) is 5.15 Å². The molecule has 1 saturated carbocycles. The largest absolute Gasteiger partial charge is 0.352 e. The van der Waals surface area contributed by atoms with Crippen molar-refractivity contribution in [1.29, 1.82) is 0 Å². The number of carbonyl (C=O) groups excluding carboxylic acids is 1. The monoisotopic (exact) mass is 280 g/mol. The van der Waals surface area contributed by atoms with Crippen LogP contribution in [0.15, 0.2) is 12.1 Å². The van der Waals surface area contributed by atoms with Crippen molar-refractivity contribution in [1.82, 2.24) is 10.3 Å². The summed E-state index contributed by atoms with van der Waals surface area (Å²) in [7, 11) is 0. The quantitative estimate of drug-likeness (QED) is 0.856. The van der Waals surface area contributed by atoms with Gasteiger partial charge in [-0.3, -0.25) is 4.79 Å². The third kappa shape index (κ3) is 4.20. The number of carbonyl (C=O) groups is 1. The number of rotatable bonds is 4. The van der Waals surface area contributed by atoms with Gasteiger partial charge in [0.05, 0.1) is 0 Å². The van der Waals surface area contributed by atoms with Crippen LogP contribution >= 0.6 is 11.6 Å². The van der Waals surface area contributed by atoms with Crippen LogP contribution in [0, 0.1) is 5.92 Å². The van der Waals surface area contributed by atoms with Crippen molar-refractivity contribution in [2.75, 3.05) is 6.54 Å². The first-order valence-corrected chi connectivity index (χ1v) is 7.51. The topological polar surface area (TPSA) is 42.0 Å². The van der Waals surface area contributed by atoms with Crippen molar-refractivity contribution in [2.24, 2.45) is 5.92 Å². The number of aryl methyl sites for hydroxylation is 1. The molecule has 104 valence electrons. The molecule has 0 bridgehead atoms. The second-order valence-corrected chi connectivity index (χ2v) is 5.62. The molecule has 4 heteroatoms. The van der Waals surface area contributed by atoms with E-state index in [9.17, 15) is 4.79 Å². The Morgan fingerprint density at radius 2 is 2.11 bits per heavy atom. The molecule has 1 aliphatic carbocycles. The summed E-state index contributed by atoms with van der Waals surface area (Å²) >= 11 is 5.93. The van der Waals surface area contributed by atoms with Crippen LogP contribution in [0.5, 0.6) is 0 Å². The second kappa shape index (κ2) is 6.90. The van der Waals surface area contributed by atoms with Gasteiger partial charge in [0.2, 0.25) is 0 Å². The van der Waals surface area contributed by atoms with Crippen LogP contribution in [0.25, 0.3) is 0 Å². The molecule has 1 amide bonds. The summed E-state index contributed by atoms with van der Waals surface area (Å²) in [5, 5.41) is 3.41. The maximum absolute atomic E-state index is 12.1. The van der Waals surface area contributed by atoms with Crippen molar-refractivity contribution >= 4 is 17.5 Å². The van der Waals surface area contributed by atoms with Crippen molar-refractivity contribution in [3.8, 4) is 0 Å². The molecule has 0 spiro atoms. The third-order valence-electron chi connectivity index (χ3n) is 3.75. The smallest absolute Gasteiger partial charge is 0.251 e. The predicted octanol–water partition coefficient (Wildman–Crippen LogP) is 3.61. The lowest BCUT2D eigenvalue weighted by atomic mass is 9.89. The van der Waals surface area contributed by atoms with Gasteiger partial charge in [0.25, 0.3) is 5.91 Å². The molecule has 0 atom stereocenters. The van der Waals surface area contributed by atoms with Crippen LogP contribution in [0.2, 0.25) is 5.15 Å². The molecule has 1 heterocycles. The summed E-state index contributed by atoms with van der Waals surface area (Å²) < 4.78 is 0. The summed E-state index contributed by atoms with van der Waals surface area (Å²) in [5.41, 5.74) is 1.47. The maximum Gasteiger partial charge on any atom is 0.251 e. The average molecular weight is 281 g/mol. The van der Waals surface area contributed by atoms with Crippen LogP contribution in [0.4, 0.5) is 0 Å². The SMILES string of the molecule is CCc1cc(C(=O)NCC2CCCCC2)cc(Cl)n1. The number of pyridine rings is 1. The molecular formula is C15H21ClN2O. The standard InChI is InChI=1S/C15H21ClN2O/c1-2-13-8-12(9-14(16)18-13)15(19)17-10-11-6-4-3-5-7-11/h8-9,11H,2-7,10H2,1H3,(H,17,19). The lowest BCUT2D eigenvalue weighted by Crippen LogP contribution is -2.30. The number of amides is 1. The molecule has 1 fully saturated rings. The van der Waals surface area contributed by atoms with Gasteiger partial charge in [-0.1, -0.05) is 37.8 Å². The molecule has 0 aromatic carbocycles. The summed E-state index contributed by atoms with van der Waals surface area (Å²) in [6.07, 6.45) is 7.17. The van der Waals surface area contributed by atoms with Gasteiger partial charge < -0.3 is 5.32 Å². The summed E-state index contributed by atoms with van der Waals surface area (Å²) in [6, 6.07) is 3.46. The van der Waals surface area contributed by atoms with E-state index < -0.39 is 0 Å². The molecule has 1 N–H and O–H groups in total. The van der Waals surface area contributed by atoms with Gasteiger partial charge in [0, 0.05) is 17.8 Å². The van der Waals surface area contributed by atoms with E-state index in [4.69, 9.17) is 11.6 Å². The highest BCUT2D eigenvalue weighted by Crippen LogP contribution is 2.22. The number of aromatic nitrogens is 1. The Morgan fingerprint density at radius 3 is 2.79 bits per heavy atom. The first-order chi connectivity index (χ1) is 9.19. The molecule has 1 aromatic rings. The summed E-state index contributed by atoms with van der Waals surface area (Å²) in [4.78, 5) is 16.3. The zero-order valence-electron chi connectivity index (χ0n) is 11.4. The van der Waals surface area contributed by atoms with Crippen LogP contribution < -0.4 is 5.32 Å². The Labute approximate surface area is 119 Å². The molecule has 0 saturated heterocycles. The molecule has 2 rings (SSSR count). The molecule has 3 nitrogen and oxygen atoms in total. The van der Waals surface area contributed by atoms with Crippen molar-refractivity contribution in [3.63, 3.8) is 0 Å². The Kier molecular flexibility index (Phi) is 5.20. The Hall–Kier alpha value is -1.09. The Bertz CT molecular complexity index is 442. The van der Waals surface area contributed by atoms with Crippen LogP contribution in [-0.2, 0) is 6.42 Å². The van der Waals surface area contributed by atoms with Crippen molar-refractivity contribution in [3.05, 3.63) is 28.5 Å². The van der Waals surface area contributed by atoms with Gasteiger partial charge >= 0.3 is 0 Å². The molecule has 0 radical (unpaired) electrons. The number of halogens is 1. The minimum absolute atomic E-state index is 0.0374. The molecule has 19 heavy (non-hydrogen) atoms. The van der Waals surface area contributed by atoms with Gasteiger partial charge in [-0.05, 0) is 37.3 Å². The van der Waals surface area contributed by atoms with Crippen LogP contribution in [0.3, 0.4) is 0 Å². The third-order valence-corrected chi connectivity index (χ3v) is 3.94. The highest BCUT2D eigenvalue weighted by Gasteiger charge is 2.15. The highest BCUT2D eigenvalue weighted by atomic mass is 35.5. The zero-order chi connectivity index (χ0) is 13.7. The Balaban J connectivity index is 1.93. The average Bonchev–Trinajstić information content (AvgIpc) is 2.45. The molecule has 0 unspecified atom stereocenters. The van der Waals surface area contributed by atoms with E-state index in [1.165, 1.54) is 32.1 Å². The first-order valence-electron chi connectivity index (χ1n) is 7.13. The number of nitrogens with one attached hydrogen (secondary N) is 1. The first kappa shape index (κ1) is 14.3. The van der Waals surface area contributed by atoms with E-state index in [-0.39, 0.29) is 5.91 Å². The lowest BCUT2D eigenvalue weighted by Gasteiger charge is -2.21. The fourth-order valence-electron chi connectivity index (χ4n) is 2.59. The molecule has 1 aliphatic rings. The fourth-order valence-corrected chi connectivity index (χ4v) is 2.82. The maximum atomic E-state index is 12.1. The van der Waals surface area contributed by atoms with Gasteiger partial charge in [0.15, 0.2) is 0 Å². The molecular weight excluding hydrogens is 260 g/mol. The second-order valence-electron chi connectivity index (χ2n) is 5.24. The minimum atomic E-state index is -0.0374. The highest BCUT2D eigenvalue weighted by molar-refractivity contribution is 6.29. The van der Waals surface area contributed by atoms with Crippen molar-refractivity contribution < 1.29 is 4.79 Å². The Morgan fingerprint density at radius 1 is 1.37 bits per heavy atom. The van der Waals surface area contributed by atoms with E-state index in [2.05, 4.69) is 10.3 Å². The van der Waals surface area contributed by atoms with E-state index in [1.54, 1.807) is 6.07 Å². The lowest BCUT2D eigenvalue weighted by molar-refractivity contribution is 0.0943. The molecule has 0 aliphatic heterocycles. The zero-order valence-corrected chi connectivity index (χ0v) is 12.2. The van der Waals surface area contributed by atoms with Crippen molar-refractivity contribution in [2.45, 2.75) is 45.4 Å². The molecule has 1 aromatic heterocycles. The van der Waals surface area contributed by atoms with Gasteiger partial charge in [-0.15, -0.1) is 0 Å². The van der Waals surface area contributed by atoms with E-state index >= 15 is 0 Å². The van der Waals surface area contributed by atoms with Crippen LogP contribution in [0.1, 0.15) is 55.1 Å². The van der Waals surface area contributed by atoms with Crippen LogP contribution in [-0.4, -0.2) is 17.4 Å². The van der Waals surface area contributed by atoms with Gasteiger partial charge in [-0.25, -0.2) is 4.98 Å². The van der Waals surface area contributed by atoms with Gasteiger partial charge in [-0.2, -0.15) is 0 Å². The van der Waals surface area contributed by atoms with E-state index in [0.29, 0.717) is 16.6 Å². The summed E-state index contributed by atoms with van der Waals surface area (Å²) in [6.45, 7) is 2.78. The summed E-state index contributed by atoms with van der Waals surface area (Å²) in [5.74, 6) is 0.602. The fraction of sp³-hybridized carbons (Fsp3) is 0.600. The minimum Gasteiger partial charge on any atom is -0.352 e. The predicted molar refractivity (Wildman–Crippen MR) is 77.5 cm³/mol. The van der Waals surface area contributed by atoms with E-state index in [1.807, 2.05) is 13.0 Å².